The second kappa shape index (κ2) is 6.04. The summed E-state index contributed by atoms with van der Waals surface area (Å²) in [5.74, 6) is 5.36. The molecule has 0 unspecified atom stereocenters. The Morgan fingerprint density at radius 3 is 3.05 bits per heavy atom. The summed E-state index contributed by atoms with van der Waals surface area (Å²) in [6.07, 6.45) is 4.80. The maximum atomic E-state index is 12.1. The third-order valence-corrected chi connectivity index (χ3v) is 4.22. The van der Waals surface area contributed by atoms with Crippen molar-refractivity contribution in [2.24, 2.45) is 5.73 Å². The van der Waals surface area contributed by atoms with E-state index < -0.39 is 0 Å². The van der Waals surface area contributed by atoms with E-state index in [0.29, 0.717) is 17.4 Å². The number of hydrogen-bond acceptors (Lipinski definition) is 5. The highest BCUT2D eigenvalue weighted by atomic mass is 32.1. The van der Waals surface area contributed by atoms with Crippen LogP contribution in [0.1, 0.15) is 33.0 Å². The number of aromatic nitrogens is 2. The summed E-state index contributed by atoms with van der Waals surface area (Å²) in [6, 6.07) is 3.41. The lowest BCUT2D eigenvalue weighted by molar-refractivity contribution is 0.102. The van der Waals surface area contributed by atoms with E-state index in [-0.39, 0.29) is 5.91 Å². The van der Waals surface area contributed by atoms with E-state index in [1.807, 2.05) is 0 Å². The smallest absolute Gasteiger partial charge is 0.276 e. The van der Waals surface area contributed by atoms with Crippen molar-refractivity contribution in [3.8, 4) is 11.8 Å². The molecule has 0 bridgehead atoms. The quantitative estimate of drug-likeness (QED) is 0.825. The van der Waals surface area contributed by atoms with Gasteiger partial charge in [-0.3, -0.25) is 10.1 Å². The molecule has 2 aromatic heterocycles. The lowest BCUT2D eigenvalue weighted by Crippen LogP contribution is -2.13. The summed E-state index contributed by atoms with van der Waals surface area (Å²) >= 11 is 1.55. The average molecular weight is 298 g/mol. The van der Waals surface area contributed by atoms with Crippen molar-refractivity contribution >= 4 is 22.4 Å². The monoisotopic (exact) mass is 298 g/mol. The van der Waals surface area contributed by atoms with Gasteiger partial charge >= 0.3 is 0 Å². The van der Waals surface area contributed by atoms with E-state index in [1.165, 1.54) is 4.88 Å². The number of carbonyl (C=O) groups excluding carboxylic acids is 1. The van der Waals surface area contributed by atoms with Crippen molar-refractivity contribution in [2.75, 3.05) is 11.9 Å². The summed E-state index contributed by atoms with van der Waals surface area (Å²) < 4.78 is 0. The van der Waals surface area contributed by atoms with Gasteiger partial charge in [0.25, 0.3) is 5.91 Å². The standard InChI is InChI=1S/C15H14N4OS/c16-8-2-3-10-6-7-12(17-9-10)14(20)19-15-18-11-4-1-5-13(11)21-15/h6-7,9H,1,4-5,8,16H2,(H,18,19,20). The van der Waals surface area contributed by atoms with Gasteiger partial charge in [0.1, 0.15) is 5.69 Å². The van der Waals surface area contributed by atoms with Gasteiger partial charge in [-0.1, -0.05) is 11.8 Å². The first kappa shape index (κ1) is 13.7. The van der Waals surface area contributed by atoms with Gasteiger partial charge < -0.3 is 5.73 Å². The number of pyridine rings is 1. The molecule has 0 saturated heterocycles. The fourth-order valence-corrected chi connectivity index (χ4v) is 3.21. The van der Waals surface area contributed by atoms with E-state index >= 15 is 0 Å². The summed E-state index contributed by atoms with van der Waals surface area (Å²) in [7, 11) is 0. The molecule has 2 aromatic rings. The Hall–Kier alpha value is -2.23. The second-order valence-corrected chi connectivity index (χ2v) is 5.72. The van der Waals surface area contributed by atoms with Crippen LogP contribution in [0.4, 0.5) is 5.13 Å². The van der Waals surface area contributed by atoms with Gasteiger partial charge in [-0.15, -0.1) is 11.3 Å². The molecule has 1 amide bonds. The molecule has 3 N–H and O–H groups in total. The van der Waals surface area contributed by atoms with Gasteiger partial charge in [0.05, 0.1) is 12.2 Å². The lowest BCUT2D eigenvalue weighted by Gasteiger charge is -2.01. The Balaban J connectivity index is 1.69. The van der Waals surface area contributed by atoms with Gasteiger partial charge in [0, 0.05) is 16.6 Å². The van der Waals surface area contributed by atoms with Gasteiger partial charge in [0.2, 0.25) is 0 Å². The molecule has 0 radical (unpaired) electrons. The summed E-state index contributed by atoms with van der Waals surface area (Å²) in [6.45, 7) is 0.303. The van der Waals surface area contributed by atoms with E-state index in [1.54, 1.807) is 29.7 Å². The molecule has 106 valence electrons. The zero-order chi connectivity index (χ0) is 14.7. The third kappa shape index (κ3) is 3.10. The van der Waals surface area contributed by atoms with Crippen LogP contribution >= 0.6 is 11.3 Å². The highest BCUT2D eigenvalue weighted by Gasteiger charge is 2.18. The van der Waals surface area contributed by atoms with E-state index in [9.17, 15) is 4.79 Å². The third-order valence-electron chi connectivity index (χ3n) is 3.15. The molecule has 0 spiro atoms. The topological polar surface area (TPSA) is 80.9 Å². The number of fused-ring (bicyclic) bond motifs is 1. The van der Waals surface area contributed by atoms with E-state index in [4.69, 9.17) is 5.73 Å². The number of amides is 1. The minimum atomic E-state index is -0.249. The molecular weight excluding hydrogens is 284 g/mol. The fraction of sp³-hybridized carbons (Fsp3) is 0.267. The van der Waals surface area contributed by atoms with Crippen LogP contribution in [0.15, 0.2) is 18.3 Å². The minimum absolute atomic E-state index is 0.249. The number of thiazole rings is 1. The highest BCUT2D eigenvalue weighted by Crippen LogP contribution is 2.30. The van der Waals surface area contributed by atoms with Crippen molar-refractivity contribution in [2.45, 2.75) is 19.3 Å². The van der Waals surface area contributed by atoms with Crippen LogP contribution in [-0.4, -0.2) is 22.4 Å². The molecule has 6 heteroatoms. The van der Waals surface area contributed by atoms with Gasteiger partial charge in [-0.2, -0.15) is 0 Å². The maximum absolute atomic E-state index is 12.1. The molecule has 3 rings (SSSR count). The number of aryl methyl sites for hydroxylation is 2. The predicted octanol–water partition coefficient (Wildman–Crippen LogP) is 1.59. The van der Waals surface area contributed by atoms with Crippen LogP contribution in [0.25, 0.3) is 0 Å². The number of nitrogens with zero attached hydrogens (tertiary/aromatic N) is 2. The fourth-order valence-electron chi connectivity index (χ4n) is 2.16. The number of nitrogens with one attached hydrogen (secondary N) is 1. The summed E-state index contributed by atoms with van der Waals surface area (Å²) in [4.78, 5) is 21.9. The number of hydrogen-bond donors (Lipinski definition) is 2. The van der Waals surface area contributed by atoms with Crippen LogP contribution in [0, 0.1) is 11.8 Å². The van der Waals surface area contributed by atoms with Crippen molar-refractivity contribution in [1.29, 1.82) is 0 Å². The molecule has 0 atom stereocenters. The van der Waals surface area contributed by atoms with Crippen molar-refractivity contribution < 1.29 is 4.79 Å². The van der Waals surface area contributed by atoms with Crippen LogP contribution in [0.3, 0.4) is 0 Å². The SMILES string of the molecule is NCC#Cc1ccc(C(=O)Nc2nc3c(s2)CCC3)nc1. The zero-order valence-electron chi connectivity index (χ0n) is 11.3. The zero-order valence-corrected chi connectivity index (χ0v) is 12.2. The molecule has 1 aliphatic carbocycles. The van der Waals surface area contributed by atoms with Gasteiger partial charge in [0.15, 0.2) is 5.13 Å². The Morgan fingerprint density at radius 2 is 2.33 bits per heavy atom. The lowest BCUT2D eigenvalue weighted by atomic mass is 10.2. The van der Waals surface area contributed by atoms with Crippen molar-refractivity contribution in [3.63, 3.8) is 0 Å². The predicted molar refractivity (Wildman–Crippen MR) is 82.3 cm³/mol. The van der Waals surface area contributed by atoms with Crippen LogP contribution in [-0.2, 0) is 12.8 Å². The minimum Gasteiger partial charge on any atom is -0.320 e. The Kier molecular flexibility index (Phi) is 3.95. The maximum Gasteiger partial charge on any atom is 0.276 e. The first-order valence-corrected chi connectivity index (χ1v) is 7.53. The molecule has 2 heterocycles. The number of anilines is 1. The first-order valence-electron chi connectivity index (χ1n) is 6.71. The molecule has 0 aromatic carbocycles. The largest absolute Gasteiger partial charge is 0.320 e. The second-order valence-electron chi connectivity index (χ2n) is 4.63. The Morgan fingerprint density at radius 1 is 1.43 bits per heavy atom. The molecule has 21 heavy (non-hydrogen) atoms. The molecule has 0 fully saturated rings. The normalized spacial score (nSPS) is 12.4. The number of nitrogens with two attached hydrogens (primary N) is 1. The number of carbonyl (C=O) groups is 1. The van der Waals surface area contributed by atoms with Crippen LogP contribution in [0.2, 0.25) is 0 Å². The van der Waals surface area contributed by atoms with Crippen molar-refractivity contribution in [1.82, 2.24) is 9.97 Å². The van der Waals surface area contributed by atoms with Crippen LogP contribution in [0.5, 0.6) is 0 Å². The molecule has 1 aliphatic rings. The molecular formula is C15H14N4OS. The van der Waals surface area contributed by atoms with E-state index in [0.717, 1.165) is 30.5 Å². The first-order chi connectivity index (χ1) is 10.3. The number of rotatable bonds is 2. The molecule has 0 saturated carbocycles. The Bertz CT molecular complexity index is 703. The van der Waals surface area contributed by atoms with Crippen LogP contribution < -0.4 is 11.1 Å². The van der Waals surface area contributed by atoms with Gasteiger partial charge in [-0.25, -0.2) is 9.97 Å². The average Bonchev–Trinajstić information content (AvgIpc) is 3.06. The summed E-state index contributed by atoms with van der Waals surface area (Å²) in [5.41, 5.74) is 7.52. The molecule has 5 nitrogen and oxygen atoms in total. The highest BCUT2D eigenvalue weighted by molar-refractivity contribution is 7.15. The van der Waals surface area contributed by atoms with Gasteiger partial charge in [-0.05, 0) is 31.4 Å². The Labute approximate surface area is 126 Å². The van der Waals surface area contributed by atoms with E-state index in [2.05, 4.69) is 27.1 Å². The summed E-state index contributed by atoms with van der Waals surface area (Å²) in [5, 5.41) is 3.45. The van der Waals surface area contributed by atoms with Crippen molar-refractivity contribution in [3.05, 3.63) is 40.2 Å². The molecule has 0 aliphatic heterocycles.